The summed E-state index contributed by atoms with van der Waals surface area (Å²) in [6.07, 6.45) is -2.82. The van der Waals surface area contributed by atoms with Gasteiger partial charge >= 0.3 is 0 Å². The SMILES string of the molecule is NC(=O)c1c(C(F)F)cc(Br)nc1Cl. The van der Waals surface area contributed by atoms with Gasteiger partial charge in [-0.25, -0.2) is 13.8 Å². The van der Waals surface area contributed by atoms with Crippen LogP contribution in [-0.4, -0.2) is 10.9 Å². The topological polar surface area (TPSA) is 56.0 Å². The number of amides is 1. The van der Waals surface area contributed by atoms with E-state index in [0.717, 1.165) is 6.07 Å². The Balaban J connectivity index is 3.44. The van der Waals surface area contributed by atoms with E-state index in [1.165, 1.54) is 0 Å². The van der Waals surface area contributed by atoms with Crippen molar-refractivity contribution in [2.24, 2.45) is 5.73 Å². The predicted octanol–water partition coefficient (Wildman–Crippen LogP) is 2.53. The zero-order valence-corrected chi connectivity index (χ0v) is 8.94. The van der Waals surface area contributed by atoms with Crippen LogP contribution in [-0.2, 0) is 0 Å². The van der Waals surface area contributed by atoms with E-state index in [0.29, 0.717) is 0 Å². The molecule has 0 aromatic carbocycles. The van der Waals surface area contributed by atoms with Gasteiger partial charge in [0.2, 0.25) is 0 Å². The summed E-state index contributed by atoms with van der Waals surface area (Å²) in [5, 5.41) is -0.331. The van der Waals surface area contributed by atoms with Gasteiger partial charge in [0.05, 0.1) is 5.56 Å². The molecule has 3 nitrogen and oxygen atoms in total. The highest BCUT2D eigenvalue weighted by atomic mass is 79.9. The maximum Gasteiger partial charge on any atom is 0.264 e. The summed E-state index contributed by atoms with van der Waals surface area (Å²) in [6.45, 7) is 0. The van der Waals surface area contributed by atoms with Gasteiger partial charge in [0.1, 0.15) is 9.76 Å². The highest BCUT2D eigenvalue weighted by Gasteiger charge is 2.21. The maximum atomic E-state index is 12.4. The first-order valence-corrected chi connectivity index (χ1v) is 4.54. The molecule has 0 unspecified atom stereocenters. The van der Waals surface area contributed by atoms with Gasteiger partial charge in [0.15, 0.2) is 0 Å². The van der Waals surface area contributed by atoms with Crippen molar-refractivity contribution < 1.29 is 13.6 Å². The van der Waals surface area contributed by atoms with Crippen molar-refractivity contribution in [3.8, 4) is 0 Å². The van der Waals surface area contributed by atoms with Crippen LogP contribution in [0.5, 0.6) is 0 Å². The number of nitrogens with zero attached hydrogens (tertiary/aromatic N) is 1. The monoisotopic (exact) mass is 284 g/mol. The van der Waals surface area contributed by atoms with Crippen LogP contribution in [0.2, 0.25) is 5.15 Å². The molecule has 1 heterocycles. The highest BCUT2D eigenvalue weighted by molar-refractivity contribution is 9.10. The Morgan fingerprint density at radius 3 is 2.64 bits per heavy atom. The van der Waals surface area contributed by atoms with E-state index in [2.05, 4.69) is 20.9 Å². The van der Waals surface area contributed by atoms with Crippen LogP contribution < -0.4 is 5.73 Å². The number of nitrogens with two attached hydrogens (primary N) is 1. The number of pyridine rings is 1. The van der Waals surface area contributed by atoms with Crippen molar-refractivity contribution in [2.45, 2.75) is 6.43 Å². The van der Waals surface area contributed by atoms with Crippen LogP contribution in [0.3, 0.4) is 0 Å². The fourth-order valence-electron chi connectivity index (χ4n) is 0.918. The van der Waals surface area contributed by atoms with Crippen LogP contribution in [0.1, 0.15) is 22.3 Å². The zero-order valence-electron chi connectivity index (χ0n) is 6.60. The number of carbonyl (C=O) groups is 1. The van der Waals surface area contributed by atoms with E-state index in [1.807, 2.05) is 0 Å². The number of aromatic nitrogens is 1. The number of carbonyl (C=O) groups excluding carboxylic acids is 1. The van der Waals surface area contributed by atoms with Gasteiger partial charge in [-0.1, -0.05) is 11.6 Å². The minimum absolute atomic E-state index is 0.128. The largest absolute Gasteiger partial charge is 0.365 e. The molecular weight excluding hydrogens is 281 g/mol. The molecule has 0 saturated heterocycles. The predicted molar refractivity (Wildman–Crippen MR) is 50.4 cm³/mol. The molecule has 0 radical (unpaired) electrons. The summed E-state index contributed by atoms with van der Waals surface area (Å²) < 4.78 is 25.0. The third kappa shape index (κ3) is 2.19. The fourth-order valence-corrected chi connectivity index (χ4v) is 1.74. The molecule has 0 atom stereocenters. The van der Waals surface area contributed by atoms with Gasteiger partial charge in [-0.2, -0.15) is 0 Å². The zero-order chi connectivity index (χ0) is 10.9. The van der Waals surface area contributed by atoms with E-state index >= 15 is 0 Å². The van der Waals surface area contributed by atoms with Crippen LogP contribution in [0.15, 0.2) is 10.7 Å². The number of hydrogen-bond acceptors (Lipinski definition) is 2. The summed E-state index contributed by atoms with van der Waals surface area (Å²) in [5.74, 6) is -1.02. The van der Waals surface area contributed by atoms with Gasteiger partial charge < -0.3 is 5.73 Å². The molecule has 0 aliphatic carbocycles. The lowest BCUT2D eigenvalue weighted by molar-refractivity contribution is 0.0985. The average molecular weight is 285 g/mol. The second kappa shape index (κ2) is 4.18. The van der Waals surface area contributed by atoms with Gasteiger partial charge in [0.25, 0.3) is 12.3 Å². The lowest BCUT2D eigenvalue weighted by Crippen LogP contribution is -2.15. The van der Waals surface area contributed by atoms with Crippen LogP contribution in [0.25, 0.3) is 0 Å². The standard InChI is InChI=1S/C7H4BrClF2N2O/c8-3-1-2(6(10)11)4(7(12)14)5(9)13-3/h1,6H,(H2,12,14). The Morgan fingerprint density at radius 2 is 2.21 bits per heavy atom. The summed E-state index contributed by atoms with van der Waals surface area (Å²) in [5.41, 5.74) is 3.93. The first kappa shape index (κ1) is 11.3. The molecule has 76 valence electrons. The van der Waals surface area contributed by atoms with Gasteiger partial charge in [-0.05, 0) is 22.0 Å². The van der Waals surface area contributed by atoms with Crippen molar-refractivity contribution in [1.82, 2.24) is 4.98 Å². The maximum absolute atomic E-state index is 12.4. The normalized spacial score (nSPS) is 10.6. The Labute approximate surface area is 91.4 Å². The average Bonchev–Trinajstić information content (AvgIpc) is 2.01. The van der Waals surface area contributed by atoms with E-state index in [4.69, 9.17) is 17.3 Å². The van der Waals surface area contributed by atoms with E-state index < -0.39 is 23.5 Å². The van der Waals surface area contributed by atoms with Crippen LogP contribution >= 0.6 is 27.5 Å². The smallest absolute Gasteiger partial charge is 0.264 e. The molecule has 0 bridgehead atoms. The number of alkyl halides is 2. The fraction of sp³-hybridized carbons (Fsp3) is 0.143. The first-order valence-electron chi connectivity index (χ1n) is 3.37. The third-order valence-electron chi connectivity index (χ3n) is 1.46. The molecule has 7 heteroatoms. The van der Waals surface area contributed by atoms with E-state index in [1.54, 1.807) is 0 Å². The first-order chi connectivity index (χ1) is 6.43. The number of rotatable bonds is 2. The number of hydrogen-bond donors (Lipinski definition) is 1. The van der Waals surface area contributed by atoms with E-state index in [-0.39, 0.29) is 9.76 Å². The molecule has 1 aromatic rings. The Bertz CT molecular complexity index is 386. The third-order valence-corrected chi connectivity index (χ3v) is 2.14. The summed E-state index contributed by atoms with van der Waals surface area (Å²) >= 11 is 8.38. The van der Waals surface area contributed by atoms with Gasteiger partial charge in [-0.3, -0.25) is 4.79 Å². The van der Waals surface area contributed by atoms with Crippen molar-refractivity contribution in [3.63, 3.8) is 0 Å². The second-order valence-corrected chi connectivity index (χ2v) is 3.54. The number of halogens is 4. The second-order valence-electron chi connectivity index (χ2n) is 2.36. The Kier molecular flexibility index (Phi) is 3.38. The molecule has 0 spiro atoms. The molecule has 1 rings (SSSR count). The molecular formula is C7H4BrClF2N2O. The van der Waals surface area contributed by atoms with Crippen molar-refractivity contribution >= 4 is 33.4 Å². The van der Waals surface area contributed by atoms with Crippen molar-refractivity contribution in [3.05, 3.63) is 26.9 Å². The van der Waals surface area contributed by atoms with Crippen LogP contribution in [0.4, 0.5) is 8.78 Å². The highest BCUT2D eigenvalue weighted by Crippen LogP contribution is 2.29. The van der Waals surface area contributed by atoms with Gasteiger partial charge in [-0.15, -0.1) is 0 Å². The van der Waals surface area contributed by atoms with Crippen LogP contribution in [0, 0.1) is 0 Å². The quantitative estimate of drug-likeness (QED) is 0.849. The molecule has 0 saturated carbocycles. The summed E-state index contributed by atoms with van der Waals surface area (Å²) in [4.78, 5) is 14.4. The van der Waals surface area contributed by atoms with Crippen molar-refractivity contribution in [2.75, 3.05) is 0 Å². The van der Waals surface area contributed by atoms with Gasteiger partial charge in [0, 0.05) is 5.56 Å². The number of primary amides is 1. The van der Waals surface area contributed by atoms with Crippen molar-refractivity contribution in [1.29, 1.82) is 0 Å². The Morgan fingerprint density at radius 1 is 1.64 bits per heavy atom. The Hall–Kier alpha value is -0.750. The summed E-state index contributed by atoms with van der Waals surface area (Å²) in [7, 11) is 0. The summed E-state index contributed by atoms with van der Waals surface area (Å²) in [6, 6.07) is 1.01. The minimum Gasteiger partial charge on any atom is -0.365 e. The molecule has 0 aliphatic heterocycles. The minimum atomic E-state index is -2.82. The molecule has 0 aliphatic rings. The molecule has 0 fully saturated rings. The molecule has 1 amide bonds. The van der Waals surface area contributed by atoms with E-state index in [9.17, 15) is 13.6 Å². The molecule has 1 aromatic heterocycles. The molecule has 14 heavy (non-hydrogen) atoms. The molecule has 2 N–H and O–H groups in total. The lowest BCUT2D eigenvalue weighted by atomic mass is 10.1. The lowest BCUT2D eigenvalue weighted by Gasteiger charge is -2.07.